The molecule has 1 aromatic rings. The first-order chi connectivity index (χ1) is 12.4. The van der Waals surface area contributed by atoms with Gasteiger partial charge in [0, 0.05) is 57.6 Å². The van der Waals surface area contributed by atoms with E-state index in [1.807, 2.05) is 13.8 Å². The molecule has 1 unspecified atom stereocenters. The Morgan fingerprint density at radius 2 is 1.85 bits per heavy atom. The van der Waals surface area contributed by atoms with Crippen LogP contribution in [0, 0.1) is 19.8 Å². The molecule has 1 atom stereocenters. The first kappa shape index (κ1) is 19.5. The molecule has 2 aliphatic rings. The predicted octanol–water partition coefficient (Wildman–Crippen LogP) is 0.819. The minimum atomic E-state index is -3.41. The fraction of sp³-hybridized carbons (Fsp3) is 0.765. The van der Waals surface area contributed by atoms with Crippen LogP contribution in [0.5, 0.6) is 0 Å². The highest BCUT2D eigenvalue weighted by atomic mass is 32.2. The number of aromatic nitrogens is 2. The van der Waals surface area contributed by atoms with Crippen LogP contribution in [0.3, 0.4) is 0 Å². The highest BCUT2D eigenvalue weighted by Crippen LogP contribution is 2.24. The summed E-state index contributed by atoms with van der Waals surface area (Å²) in [6.45, 7) is 8.01. The van der Waals surface area contributed by atoms with Crippen molar-refractivity contribution in [1.29, 1.82) is 0 Å². The second-order valence-corrected chi connectivity index (χ2v) is 9.05. The number of anilines is 1. The molecule has 0 amide bonds. The molecule has 0 bridgehead atoms. The van der Waals surface area contributed by atoms with Crippen molar-refractivity contribution in [1.82, 2.24) is 18.6 Å². The van der Waals surface area contributed by atoms with Gasteiger partial charge in [0.25, 0.3) is 10.2 Å². The Bertz CT molecular complexity index is 717. The molecule has 1 aromatic heterocycles. The summed E-state index contributed by atoms with van der Waals surface area (Å²) < 4.78 is 34.5. The Morgan fingerprint density at radius 1 is 1.12 bits per heavy atom. The third-order valence-electron chi connectivity index (χ3n) is 5.38. The Balaban J connectivity index is 1.64. The summed E-state index contributed by atoms with van der Waals surface area (Å²) >= 11 is 0. The summed E-state index contributed by atoms with van der Waals surface area (Å²) in [6.07, 6.45) is 3.50. The van der Waals surface area contributed by atoms with E-state index in [0.29, 0.717) is 45.9 Å². The summed E-state index contributed by atoms with van der Waals surface area (Å²) in [4.78, 5) is 10.8. The van der Waals surface area contributed by atoms with Gasteiger partial charge < -0.3 is 9.64 Å². The Kier molecular flexibility index (Phi) is 6.11. The minimum Gasteiger partial charge on any atom is -0.384 e. The molecule has 0 aliphatic carbocycles. The summed E-state index contributed by atoms with van der Waals surface area (Å²) in [6, 6.07) is 0. The van der Waals surface area contributed by atoms with Crippen molar-refractivity contribution in [3.05, 3.63) is 17.6 Å². The maximum absolute atomic E-state index is 13.0. The zero-order chi connectivity index (χ0) is 18.7. The molecule has 26 heavy (non-hydrogen) atoms. The quantitative estimate of drug-likeness (QED) is 0.749. The van der Waals surface area contributed by atoms with Crippen molar-refractivity contribution in [3.8, 4) is 0 Å². The van der Waals surface area contributed by atoms with Crippen molar-refractivity contribution in [2.45, 2.75) is 26.7 Å². The number of methoxy groups -OCH3 is 1. The van der Waals surface area contributed by atoms with Crippen LogP contribution in [0.4, 0.5) is 5.82 Å². The maximum Gasteiger partial charge on any atom is 0.282 e. The Hall–Kier alpha value is -1.29. The van der Waals surface area contributed by atoms with E-state index in [9.17, 15) is 8.42 Å². The lowest BCUT2D eigenvalue weighted by Crippen LogP contribution is -2.55. The first-order valence-electron chi connectivity index (χ1n) is 9.20. The van der Waals surface area contributed by atoms with Crippen LogP contribution in [0.15, 0.2) is 6.33 Å². The number of ether oxygens (including phenoxy) is 1. The molecule has 0 saturated carbocycles. The van der Waals surface area contributed by atoms with E-state index in [1.165, 1.54) is 0 Å². The number of piperazine rings is 1. The van der Waals surface area contributed by atoms with Gasteiger partial charge in [-0.05, 0) is 32.6 Å². The fourth-order valence-electron chi connectivity index (χ4n) is 3.75. The van der Waals surface area contributed by atoms with Crippen LogP contribution in [0.1, 0.15) is 24.1 Å². The van der Waals surface area contributed by atoms with Gasteiger partial charge in [-0.25, -0.2) is 9.97 Å². The van der Waals surface area contributed by atoms with Gasteiger partial charge in [0.1, 0.15) is 12.1 Å². The molecule has 2 aliphatic heterocycles. The highest BCUT2D eigenvalue weighted by molar-refractivity contribution is 7.86. The Morgan fingerprint density at radius 3 is 2.54 bits per heavy atom. The van der Waals surface area contributed by atoms with E-state index in [1.54, 1.807) is 22.0 Å². The number of nitrogens with zero attached hydrogens (tertiary/aromatic N) is 5. The second kappa shape index (κ2) is 8.16. The summed E-state index contributed by atoms with van der Waals surface area (Å²) in [5, 5.41) is 0. The minimum absolute atomic E-state index is 0.288. The largest absolute Gasteiger partial charge is 0.384 e. The molecular formula is C17H29N5O3S. The molecule has 146 valence electrons. The first-order valence-corrected chi connectivity index (χ1v) is 10.6. The molecule has 2 fully saturated rings. The smallest absolute Gasteiger partial charge is 0.282 e. The average molecular weight is 384 g/mol. The SMILES string of the molecule is COCC1CCCN(S(=O)(=O)N2CCN(c3ncnc(C)c3C)CC2)C1. The molecule has 8 nitrogen and oxygen atoms in total. The molecule has 2 saturated heterocycles. The maximum atomic E-state index is 13.0. The van der Waals surface area contributed by atoms with Gasteiger partial charge in [-0.15, -0.1) is 0 Å². The molecule has 9 heteroatoms. The van der Waals surface area contributed by atoms with Crippen LogP contribution < -0.4 is 4.90 Å². The van der Waals surface area contributed by atoms with Gasteiger partial charge in [-0.2, -0.15) is 17.0 Å². The van der Waals surface area contributed by atoms with Gasteiger partial charge >= 0.3 is 0 Å². The van der Waals surface area contributed by atoms with Crippen LogP contribution in [0.25, 0.3) is 0 Å². The van der Waals surface area contributed by atoms with Crippen molar-refractivity contribution in [2.24, 2.45) is 5.92 Å². The fourth-order valence-corrected chi connectivity index (χ4v) is 5.46. The second-order valence-electron chi connectivity index (χ2n) is 7.12. The van der Waals surface area contributed by atoms with E-state index >= 15 is 0 Å². The summed E-state index contributed by atoms with van der Waals surface area (Å²) in [5.74, 6) is 1.20. The predicted molar refractivity (Wildman–Crippen MR) is 100 cm³/mol. The van der Waals surface area contributed by atoms with E-state index in [2.05, 4.69) is 14.9 Å². The number of aryl methyl sites for hydroxylation is 1. The van der Waals surface area contributed by atoms with Gasteiger partial charge in [0.2, 0.25) is 0 Å². The Labute approximate surface area is 156 Å². The normalized spacial score (nSPS) is 23.3. The van der Waals surface area contributed by atoms with Crippen LogP contribution in [0.2, 0.25) is 0 Å². The van der Waals surface area contributed by atoms with Crippen molar-refractivity contribution < 1.29 is 13.2 Å². The number of rotatable bonds is 5. The molecule has 0 spiro atoms. The molecule has 0 N–H and O–H groups in total. The zero-order valence-electron chi connectivity index (χ0n) is 15.9. The van der Waals surface area contributed by atoms with Crippen molar-refractivity contribution >= 4 is 16.0 Å². The van der Waals surface area contributed by atoms with Crippen LogP contribution >= 0.6 is 0 Å². The zero-order valence-corrected chi connectivity index (χ0v) is 16.7. The lowest BCUT2D eigenvalue weighted by Gasteiger charge is -2.39. The van der Waals surface area contributed by atoms with E-state index in [4.69, 9.17) is 4.74 Å². The van der Waals surface area contributed by atoms with Crippen molar-refractivity contribution in [3.63, 3.8) is 0 Å². The van der Waals surface area contributed by atoms with E-state index < -0.39 is 10.2 Å². The van der Waals surface area contributed by atoms with E-state index in [0.717, 1.165) is 29.9 Å². The average Bonchev–Trinajstić information content (AvgIpc) is 2.65. The van der Waals surface area contributed by atoms with Gasteiger partial charge in [-0.3, -0.25) is 0 Å². The number of piperidine rings is 1. The highest BCUT2D eigenvalue weighted by Gasteiger charge is 2.35. The van der Waals surface area contributed by atoms with Gasteiger partial charge in [-0.1, -0.05) is 0 Å². The summed E-state index contributed by atoms with van der Waals surface area (Å²) in [7, 11) is -1.74. The van der Waals surface area contributed by atoms with Gasteiger partial charge in [0.15, 0.2) is 0 Å². The standard InChI is InChI=1S/C17H29N5O3S/c1-14-15(2)18-13-19-17(14)20-7-9-21(10-8-20)26(23,24)22-6-4-5-16(11-22)12-25-3/h13,16H,4-12H2,1-3H3. The molecule has 0 radical (unpaired) electrons. The molecule has 0 aromatic carbocycles. The third-order valence-corrected chi connectivity index (χ3v) is 7.39. The molecule has 3 heterocycles. The molecule has 3 rings (SSSR count). The van der Waals surface area contributed by atoms with Gasteiger partial charge in [0.05, 0.1) is 6.61 Å². The molecular weight excluding hydrogens is 354 g/mol. The van der Waals surface area contributed by atoms with E-state index in [-0.39, 0.29) is 5.92 Å². The lowest BCUT2D eigenvalue weighted by molar-refractivity contribution is 0.116. The summed E-state index contributed by atoms with van der Waals surface area (Å²) in [5.41, 5.74) is 2.02. The monoisotopic (exact) mass is 383 g/mol. The topological polar surface area (TPSA) is 78.9 Å². The number of hydrogen-bond donors (Lipinski definition) is 0. The van der Waals surface area contributed by atoms with Crippen molar-refractivity contribution in [2.75, 3.05) is 57.9 Å². The lowest BCUT2D eigenvalue weighted by atomic mass is 10.0. The third kappa shape index (κ3) is 4.00. The number of hydrogen-bond acceptors (Lipinski definition) is 6. The van der Waals surface area contributed by atoms with Crippen LogP contribution in [-0.2, 0) is 14.9 Å². The van der Waals surface area contributed by atoms with Crippen LogP contribution in [-0.4, -0.2) is 80.0 Å².